The molecular formula is C18H27FO2S. The number of carbonyl (C=O) groups excluding carboxylic acids is 1. The summed E-state index contributed by atoms with van der Waals surface area (Å²) in [6.07, 6.45) is 0. The average Bonchev–Trinajstić information content (AvgIpc) is 2.37. The highest BCUT2D eigenvalue weighted by Gasteiger charge is 2.48. The molecule has 1 aromatic rings. The fourth-order valence-corrected chi connectivity index (χ4v) is 3.84. The fraction of sp³-hybridized carbons (Fsp3) is 0.611. The van der Waals surface area contributed by atoms with Crippen LogP contribution in [0.4, 0.5) is 4.39 Å². The second kappa shape index (κ2) is 6.23. The summed E-state index contributed by atoms with van der Waals surface area (Å²) in [5.41, 5.74) is -1.22. The van der Waals surface area contributed by atoms with Gasteiger partial charge < -0.3 is 0 Å². The van der Waals surface area contributed by atoms with Crippen molar-refractivity contribution in [2.24, 2.45) is 5.41 Å². The molecule has 2 nitrogen and oxygen atoms in total. The number of hydrogen-bond acceptors (Lipinski definition) is 2. The lowest BCUT2D eigenvalue weighted by molar-refractivity contribution is -0.127. The molecule has 0 saturated heterocycles. The van der Waals surface area contributed by atoms with Crippen LogP contribution < -0.4 is 0 Å². The van der Waals surface area contributed by atoms with Gasteiger partial charge in [0.15, 0.2) is 0 Å². The first-order chi connectivity index (χ1) is 9.84. The van der Waals surface area contributed by atoms with Gasteiger partial charge >= 0.3 is 0 Å². The largest absolute Gasteiger partial charge is 0.299 e. The van der Waals surface area contributed by atoms with Crippen LogP contribution in [0.1, 0.15) is 54.0 Å². The molecule has 2 atom stereocenters. The van der Waals surface area contributed by atoms with Crippen molar-refractivity contribution in [3.8, 4) is 0 Å². The summed E-state index contributed by atoms with van der Waals surface area (Å²) < 4.78 is 26.7. The second-order valence-corrected chi connectivity index (χ2v) is 9.80. The lowest BCUT2D eigenvalue weighted by Gasteiger charge is -2.44. The SMILES string of the molecule is CC(=O)C(C)(C)[C@](C)(C[S@@](=O)C(C)(C)C)c1ccccc1F. The number of hydrogen-bond donors (Lipinski definition) is 0. The normalized spacial score (nSPS) is 16.9. The summed E-state index contributed by atoms with van der Waals surface area (Å²) in [6.45, 7) is 12.7. The standard InChI is InChI=1S/C18H27FO2S/c1-13(20)17(5,6)18(7,12-22(21)16(2,3)4)14-10-8-9-11-15(14)19/h8-11H,12H2,1-7H3/t18-,22-/m1/s1. The number of ketones is 1. The molecule has 0 unspecified atom stereocenters. The molecule has 22 heavy (non-hydrogen) atoms. The van der Waals surface area contributed by atoms with Gasteiger partial charge in [0.1, 0.15) is 11.6 Å². The maximum Gasteiger partial charge on any atom is 0.136 e. The Morgan fingerprint density at radius 3 is 2.00 bits per heavy atom. The Hall–Kier alpha value is -1.03. The predicted molar refractivity (Wildman–Crippen MR) is 91.0 cm³/mol. The van der Waals surface area contributed by atoms with E-state index in [1.54, 1.807) is 18.2 Å². The van der Waals surface area contributed by atoms with Crippen molar-refractivity contribution in [1.82, 2.24) is 0 Å². The number of Topliss-reactive ketones (excluding diaryl/α,β-unsaturated/α-hetero) is 1. The van der Waals surface area contributed by atoms with Gasteiger partial charge in [-0.05, 0) is 39.3 Å². The van der Waals surface area contributed by atoms with E-state index in [0.29, 0.717) is 5.56 Å². The van der Waals surface area contributed by atoms with Crippen LogP contribution in [0.5, 0.6) is 0 Å². The van der Waals surface area contributed by atoms with E-state index in [1.165, 1.54) is 13.0 Å². The fourth-order valence-electron chi connectivity index (χ4n) is 2.37. The monoisotopic (exact) mass is 326 g/mol. The Balaban J connectivity index is 3.50. The van der Waals surface area contributed by atoms with Gasteiger partial charge in [-0.25, -0.2) is 4.39 Å². The van der Waals surface area contributed by atoms with Crippen molar-refractivity contribution in [1.29, 1.82) is 0 Å². The van der Waals surface area contributed by atoms with Gasteiger partial charge in [-0.3, -0.25) is 9.00 Å². The molecule has 0 N–H and O–H groups in total. The van der Waals surface area contributed by atoms with E-state index in [4.69, 9.17) is 0 Å². The van der Waals surface area contributed by atoms with E-state index in [-0.39, 0.29) is 17.4 Å². The third kappa shape index (κ3) is 3.48. The Kier molecular flexibility index (Phi) is 5.38. The molecule has 0 amide bonds. The van der Waals surface area contributed by atoms with Crippen LogP contribution in [0.25, 0.3) is 0 Å². The molecule has 4 heteroatoms. The van der Waals surface area contributed by atoms with Crippen LogP contribution in [-0.4, -0.2) is 20.5 Å². The molecule has 124 valence electrons. The molecule has 1 rings (SSSR count). The lowest BCUT2D eigenvalue weighted by atomic mass is 9.62. The van der Waals surface area contributed by atoms with Crippen molar-refractivity contribution in [2.45, 2.75) is 58.6 Å². The summed E-state index contributed by atoms with van der Waals surface area (Å²) in [6, 6.07) is 6.47. The number of halogens is 1. The van der Waals surface area contributed by atoms with Gasteiger partial charge in [0.25, 0.3) is 0 Å². The van der Waals surface area contributed by atoms with Gasteiger partial charge in [0, 0.05) is 32.1 Å². The Labute approximate surface area is 136 Å². The molecule has 0 aliphatic carbocycles. The molecule has 1 aromatic carbocycles. The quantitative estimate of drug-likeness (QED) is 0.811. The molecule has 0 aromatic heterocycles. The van der Waals surface area contributed by atoms with E-state index < -0.39 is 26.4 Å². The van der Waals surface area contributed by atoms with E-state index in [2.05, 4.69) is 0 Å². The second-order valence-electron chi connectivity index (χ2n) is 7.60. The summed E-state index contributed by atoms with van der Waals surface area (Å²) in [7, 11) is -1.20. The Morgan fingerprint density at radius 1 is 1.09 bits per heavy atom. The lowest BCUT2D eigenvalue weighted by Crippen LogP contribution is -2.50. The molecule has 0 radical (unpaired) electrons. The van der Waals surface area contributed by atoms with Crippen LogP contribution in [0.3, 0.4) is 0 Å². The molecule has 0 aliphatic heterocycles. The van der Waals surface area contributed by atoms with E-state index in [0.717, 1.165) is 0 Å². The van der Waals surface area contributed by atoms with Gasteiger partial charge in [0.05, 0.1) is 0 Å². The highest BCUT2D eigenvalue weighted by atomic mass is 32.2. The number of carbonyl (C=O) groups is 1. The summed E-state index contributed by atoms with van der Waals surface area (Å²) in [4.78, 5) is 12.2. The van der Waals surface area contributed by atoms with Crippen LogP contribution in [-0.2, 0) is 21.0 Å². The predicted octanol–water partition coefficient (Wildman–Crippen LogP) is 4.25. The van der Waals surface area contributed by atoms with E-state index in [9.17, 15) is 13.4 Å². The first-order valence-corrected chi connectivity index (χ1v) is 8.80. The van der Waals surface area contributed by atoms with E-state index in [1.807, 2.05) is 41.5 Å². The van der Waals surface area contributed by atoms with E-state index >= 15 is 0 Å². The maximum absolute atomic E-state index is 14.4. The number of rotatable bonds is 5. The number of benzene rings is 1. The van der Waals surface area contributed by atoms with Crippen molar-refractivity contribution in [2.75, 3.05) is 5.75 Å². The highest BCUT2D eigenvalue weighted by Crippen LogP contribution is 2.44. The van der Waals surface area contributed by atoms with Gasteiger partial charge in [-0.15, -0.1) is 0 Å². The molecule has 0 saturated carbocycles. The minimum atomic E-state index is -1.20. The van der Waals surface area contributed by atoms with Gasteiger partial charge in [-0.2, -0.15) is 0 Å². The van der Waals surface area contributed by atoms with Crippen molar-refractivity contribution in [3.63, 3.8) is 0 Å². The molecular weight excluding hydrogens is 299 g/mol. The zero-order valence-electron chi connectivity index (χ0n) is 14.6. The summed E-state index contributed by atoms with van der Waals surface area (Å²) in [5.74, 6) is -0.154. The van der Waals surface area contributed by atoms with Crippen molar-refractivity contribution < 1.29 is 13.4 Å². The first-order valence-electron chi connectivity index (χ1n) is 7.48. The van der Waals surface area contributed by atoms with Crippen LogP contribution >= 0.6 is 0 Å². The van der Waals surface area contributed by atoms with Gasteiger partial charge in [-0.1, -0.05) is 39.0 Å². The Bertz CT molecular complexity index is 587. The third-order valence-corrected chi connectivity index (χ3v) is 7.04. The van der Waals surface area contributed by atoms with Gasteiger partial charge in [0.2, 0.25) is 0 Å². The molecule has 0 aliphatic rings. The molecule has 0 spiro atoms. The zero-order valence-corrected chi connectivity index (χ0v) is 15.4. The minimum absolute atomic E-state index is 0.0378. The molecule has 0 bridgehead atoms. The first kappa shape index (κ1) is 19.0. The third-order valence-electron chi connectivity index (χ3n) is 4.83. The molecule has 0 heterocycles. The van der Waals surface area contributed by atoms with Crippen LogP contribution in [0.2, 0.25) is 0 Å². The minimum Gasteiger partial charge on any atom is -0.299 e. The van der Waals surface area contributed by atoms with Crippen LogP contribution in [0.15, 0.2) is 24.3 Å². The Morgan fingerprint density at radius 2 is 1.59 bits per heavy atom. The summed E-state index contributed by atoms with van der Waals surface area (Å²) in [5, 5.41) is 0. The average molecular weight is 326 g/mol. The van der Waals surface area contributed by atoms with Crippen molar-refractivity contribution in [3.05, 3.63) is 35.6 Å². The molecule has 0 fully saturated rings. The smallest absolute Gasteiger partial charge is 0.136 e. The maximum atomic E-state index is 14.4. The zero-order chi connectivity index (χ0) is 17.3. The van der Waals surface area contributed by atoms with Crippen molar-refractivity contribution >= 4 is 16.6 Å². The summed E-state index contributed by atoms with van der Waals surface area (Å²) >= 11 is 0. The highest BCUT2D eigenvalue weighted by molar-refractivity contribution is 7.86. The van der Waals surface area contributed by atoms with Crippen LogP contribution in [0, 0.1) is 11.2 Å². The topological polar surface area (TPSA) is 34.1 Å².